The Balaban J connectivity index is 1.34. The highest BCUT2D eigenvalue weighted by Crippen LogP contribution is 2.60. The molecule has 0 radical (unpaired) electrons. The Hall–Kier alpha value is -8.02. The van der Waals surface area contributed by atoms with Gasteiger partial charge in [0.15, 0.2) is 12.2 Å². The highest BCUT2D eigenvalue weighted by molar-refractivity contribution is 5.95. The number of esters is 6. The van der Waals surface area contributed by atoms with Gasteiger partial charge in [-0.1, -0.05) is 50.2 Å². The fraction of sp³-hybridized carbons (Fsp3) is 0.320. The fourth-order valence-electron chi connectivity index (χ4n) is 11.3. The molecule has 0 spiro atoms. The summed E-state index contributed by atoms with van der Waals surface area (Å²) in [6.45, 7) is 7.04. The topological polar surface area (TPSA) is 228 Å². The van der Waals surface area contributed by atoms with E-state index in [1.165, 1.54) is 23.0 Å². The van der Waals surface area contributed by atoms with Gasteiger partial charge in [0, 0.05) is 71.8 Å². The summed E-state index contributed by atoms with van der Waals surface area (Å²) in [6, 6.07) is 14.6. The number of para-hydroxylation sites is 2. The lowest BCUT2D eigenvalue weighted by atomic mass is 9.78. The van der Waals surface area contributed by atoms with E-state index in [0.29, 0.717) is 44.1 Å². The quantitative estimate of drug-likeness (QED) is 0.146. The maximum atomic E-state index is 15.6. The van der Waals surface area contributed by atoms with Gasteiger partial charge in [-0.3, -0.25) is 37.9 Å². The number of carbonyl (C=O) groups excluding carboxylic acids is 6. The molecule has 6 aromatic rings. The van der Waals surface area contributed by atoms with E-state index in [2.05, 4.69) is 0 Å². The Morgan fingerprint density at radius 3 is 1.32 bits per heavy atom. The summed E-state index contributed by atoms with van der Waals surface area (Å²) in [5.74, 6) is -4.79. The number of fused-ring (bicyclic) bond motifs is 12. The van der Waals surface area contributed by atoms with Crippen molar-refractivity contribution in [1.82, 2.24) is 19.1 Å². The van der Waals surface area contributed by atoms with Crippen molar-refractivity contribution in [3.8, 4) is 22.8 Å². The number of pyridine rings is 4. The molecule has 0 bridgehead atoms. The number of aromatic nitrogens is 4. The highest BCUT2D eigenvalue weighted by Gasteiger charge is 2.57. The summed E-state index contributed by atoms with van der Waals surface area (Å²) < 4.78 is 38.6. The lowest BCUT2D eigenvalue weighted by molar-refractivity contribution is -0.188. The molecule has 11 rings (SSSR count). The zero-order valence-electron chi connectivity index (χ0n) is 37.4. The van der Waals surface area contributed by atoms with Crippen molar-refractivity contribution >= 4 is 57.6 Å². The van der Waals surface area contributed by atoms with Gasteiger partial charge in [0.25, 0.3) is 11.1 Å². The van der Waals surface area contributed by atoms with Gasteiger partial charge < -0.3 is 28.4 Å². The van der Waals surface area contributed by atoms with Crippen LogP contribution >= 0.6 is 0 Å². The van der Waals surface area contributed by atoms with Gasteiger partial charge in [0.05, 0.1) is 44.9 Å². The van der Waals surface area contributed by atoms with Gasteiger partial charge in [-0.15, -0.1) is 0 Å². The Morgan fingerprint density at radius 1 is 0.588 bits per heavy atom. The van der Waals surface area contributed by atoms with Crippen LogP contribution in [0, 0.1) is 0 Å². The number of hydrogen-bond acceptors (Lipinski definition) is 16. The minimum absolute atomic E-state index is 0.00622. The molecule has 1 aliphatic carbocycles. The van der Waals surface area contributed by atoms with Gasteiger partial charge in [0.2, 0.25) is 11.2 Å². The first kappa shape index (κ1) is 42.6. The SMILES string of the molecule is CC[C@@]1(OC(C)=O)C(=O)OCc2c1cc1n(c2=O)[C@@H]2c3c-1nc1ccccc1c3[C@@H](OC(C)=O)[C@H]1c3c(nc4ccccc4c3[C@H]2OC(C)=O)-c2cc3c(c(=O)n21)COC(=O)[C@@]3(CC)OC(C)=O. The Morgan fingerprint density at radius 2 is 0.971 bits per heavy atom. The summed E-state index contributed by atoms with van der Waals surface area (Å²) in [6.07, 6.45) is -3.01. The van der Waals surface area contributed by atoms with Crippen LogP contribution in [0.1, 0.15) is 123 Å². The normalized spacial score (nSPS) is 23.3. The summed E-state index contributed by atoms with van der Waals surface area (Å²) in [4.78, 5) is 122. The maximum Gasteiger partial charge on any atom is 0.355 e. The molecule has 0 unspecified atom stereocenters. The minimum Gasteiger partial charge on any atom is -0.457 e. The van der Waals surface area contributed by atoms with Gasteiger partial charge in [0.1, 0.15) is 25.3 Å². The van der Waals surface area contributed by atoms with E-state index in [4.69, 9.17) is 38.4 Å². The van der Waals surface area contributed by atoms with Crippen LogP contribution in [0.2, 0.25) is 0 Å². The van der Waals surface area contributed by atoms with Crippen molar-refractivity contribution in [2.45, 2.75) is 103 Å². The molecule has 0 saturated heterocycles. The fourth-order valence-corrected chi connectivity index (χ4v) is 11.3. The number of carbonyl (C=O) groups is 6. The molecule has 0 saturated carbocycles. The van der Waals surface area contributed by atoms with Crippen LogP contribution < -0.4 is 11.1 Å². The van der Waals surface area contributed by atoms with Crippen molar-refractivity contribution in [1.29, 1.82) is 0 Å². The number of benzene rings is 2. The molecular formula is C50H40N4O14. The number of rotatable bonds is 6. The third kappa shape index (κ3) is 5.56. The molecule has 5 aliphatic rings. The van der Waals surface area contributed by atoms with E-state index in [-0.39, 0.29) is 57.9 Å². The molecule has 4 aromatic heterocycles. The molecular weight excluding hydrogens is 881 g/mol. The maximum absolute atomic E-state index is 15.6. The molecule has 344 valence electrons. The second kappa shape index (κ2) is 14.7. The summed E-state index contributed by atoms with van der Waals surface area (Å²) in [5.41, 5.74) is -2.37. The van der Waals surface area contributed by atoms with Crippen molar-refractivity contribution < 1.29 is 57.2 Å². The Bertz CT molecular complexity index is 3270. The molecule has 2 aromatic carbocycles. The predicted molar refractivity (Wildman–Crippen MR) is 235 cm³/mol. The summed E-state index contributed by atoms with van der Waals surface area (Å²) in [7, 11) is 0. The molecule has 18 heteroatoms. The van der Waals surface area contributed by atoms with Gasteiger partial charge in [-0.2, -0.15) is 0 Å². The minimum atomic E-state index is -2.01. The van der Waals surface area contributed by atoms with Crippen LogP contribution in [-0.4, -0.2) is 54.9 Å². The zero-order chi connectivity index (χ0) is 47.9. The first-order valence-corrected chi connectivity index (χ1v) is 22.1. The van der Waals surface area contributed by atoms with E-state index < -0.39 is 95.6 Å². The Labute approximate surface area is 384 Å². The number of ether oxygens (including phenoxy) is 6. The first-order chi connectivity index (χ1) is 32.6. The molecule has 0 amide bonds. The zero-order valence-corrected chi connectivity index (χ0v) is 37.4. The van der Waals surface area contributed by atoms with Crippen molar-refractivity contribution in [2.24, 2.45) is 0 Å². The largest absolute Gasteiger partial charge is 0.457 e. The van der Waals surface area contributed by atoms with Crippen LogP contribution in [0.3, 0.4) is 0 Å². The second-order valence-electron chi connectivity index (χ2n) is 17.5. The van der Waals surface area contributed by atoms with E-state index >= 15 is 9.59 Å². The molecule has 18 nitrogen and oxygen atoms in total. The summed E-state index contributed by atoms with van der Waals surface area (Å²) >= 11 is 0. The molecule has 6 atom stereocenters. The van der Waals surface area contributed by atoms with Crippen molar-refractivity contribution in [3.05, 3.63) is 126 Å². The first-order valence-electron chi connectivity index (χ1n) is 22.1. The second-order valence-corrected chi connectivity index (χ2v) is 17.5. The number of nitrogens with zero attached hydrogens (tertiary/aromatic N) is 4. The average molecular weight is 921 g/mol. The van der Waals surface area contributed by atoms with Crippen molar-refractivity contribution in [2.75, 3.05) is 0 Å². The monoisotopic (exact) mass is 920 g/mol. The van der Waals surface area contributed by atoms with Gasteiger partial charge in [-0.05, 0) is 37.1 Å². The lowest BCUT2D eigenvalue weighted by Crippen LogP contribution is -2.48. The standard InChI is InChI=1S/C50H40N4O14/c1-7-49(67-23(5)57)29-17-33-39-37-35(25-13-9-11-15-31(25)51-39)44(66-22(4)56)42-38-36(43(65-21(3)55)41(37)53(33)45(59)27(29)19-63-47(49)61)26-14-10-12-16-32(26)52-40(38)34-18-30-28(46(60)54(34)42)20-64-48(62)50(30,8-2)68-24(6)58/h9-18,41-44H,7-8,19-20H2,1-6H3/t41-,42-,43-,44-,49+,50+/m1/s1. The van der Waals surface area contributed by atoms with Crippen LogP contribution in [-0.2, 0) is 81.6 Å². The summed E-state index contributed by atoms with van der Waals surface area (Å²) in [5, 5.41) is 0.922. The smallest absolute Gasteiger partial charge is 0.355 e. The van der Waals surface area contributed by atoms with Crippen molar-refractivity contribution in [3.63, 3.8) is 0 Å². The van der Waals surface area contributed by atoms with Crippen LogP contribution in [0.15, 0.2) is 70.3 Å². The number of hydrogen-bond donors (Lipinski definition) is 0. The third-order valence-electron chi connectivity index (χ3n) is 13.8. The molecule has 0 N–H and O–H groups in total. The van der Waals surface area contributed by atoms with E-state index in [9.17, 15) is 28.8 Å². The van der Waals surface area contributed by atoms with Gasteiger partial charge in [-0.25, -0.2) is 19.6 Å². The molecule has 68 heavy (non-hydrogen) atoms. The van der Waals surface area contributed by atoms with Crippen LogP contribution in [0.25, 0.3) is 44.6 Å². The van der Waals surface area contributed by atoms with Crippen LogP contribution in [0.5, 0.6) is 0 Å². The average Bonchev–Trinajstić information content (AvgIpc) is 3.79. The lowest BCUT2D eigenvalue weighted by Gasteiger charge is -2.38. The molecule has 8 heterocycles. The van der Waals surface area contributed by atoms with E-state index in [1.807, 2.05) is 0 Å². The van der Waals surface area contributed by atoms with Crippen LogP contribution in [0.4, 0.5) is 0 Å². The predicted octanol–water partition coefficient (Wildman–Crippen LogP) is 5.62. The Kier molecular flexibility index (Phi) is 9.24. The molecule has 0 fully saturated rings. The van der Waals surface area contributed by atoms with Gasteiger partial charge >= 0.3 is 35.8 Å². The molecule has 4 aliphatic heterocycles. The van der Waals surface area contributed by atoms with E-state index in [0.717, 1.165) is 13.8 Å². The number of cyclic esters (lactones) is 2. The third-order valence-corrected chi connectivity index (χ3v) is 13.8. The van der Waals surface area contributed by atoms with E-state index in [1.54, 1.807) is 74.5 Å². The highest BCUT2D eigenvalue weighted by atomic mass is 16.6.